The van der Waals surface area contributed by atoms with Crippen LogP contribution in [0.2, 0.25) is 0 Å². The molecule has 1 aromatic rings. The normalized spacial score (nSPS) is 11.7. The highest BCUT2D eigenvalue weighted by molar-refractivity contribution is 14.1. The zero-order valence-electron chi connectivity index (χ0n) is 6.44. The number of hydrogen-bond acceptors (Lipinski definition) is 1. The molecule has 0 aromatic heterocycles. The largest absolute Gasteiger partial charge is 0.398 e. The number of thioether (sulfide) groups is 1. The fraction of sp³-hybridized carbons (Fsp3) is 0.250. The smallest absolute Gasteiger partial charge is 0.170 e. The Kier molecular flexibility index (Phi) is 3.90. The molecule has 5 heteroatoms. The van der Waals surface area contributed by atoms with Gasteiger partial charge in [-0.05, 0) is 46.9 Å². The molecule has 0 aliphatic rings. The van der Waals surface area contributed by atoms with Crippen molar-refractivity contribution in [1.29, 1.82) is 0 Å². The summed E-state index contributed by atoms with van der Waals surface area (Å²) >= 11 is 2.92. The monoisotopic (exact) mass is 318 g/mol. The first kappa shape index (κ1) is 11.2. The minimum Gasteiger partial charge on any atom is -0.170 e. The van der Waals surface area contributed by atoms with Gasteiger partial charge in [0.05, 0.1) is 5.75 Å². The number of benzene rings is 1. The first-order chi connectivity index (χ1) is 5.97. The summed E-state index contributed by atoms with van der Waals surface area (Å²) in [7, 11) is 0. The van der Waals surface area contributed by atoms with Crippen molar-refractivity contribution in [2.45, 2.75) is 11.1 Å². The second-order valence-corrected chi connectivity index (χ2v) is 4.65. The fourth-order valence-corrected chi connectivity index (χ4v) is 1.71. The van der Waals surface area contributed by atoms with Crippen molar-refractivity contribution in [2.24, 2.45) is 0 Å². The van der Waals surface area contributed by atoms with Gasteiger partial charge in [-0.2, -0.15) is 13.2 Å². The molecular weight excluding hydrogens is 312 g/mol. The Balaban J connectivity index is 2.51. The first-order valence-corrected chi connectivity index (χ1v) is 5.49. The molecule has 0 unspecified atom stereocenters. The lowest BCUT2D eigenvalue weighted by molar-refractivity contribution is -0.105. The van der Waals surface area contributed by atoms with Gasteiger partial charge >= 0.3 is 6.18 Å². The predicted octanol–water partition coefficient (Wildman–Crippen LogP) is 3.95. The molecule has 1 aromatic carbocycles. The van der Waals surface area contributed by atoms with Crippen LogP contribution in [0.4, 0.5) is 13.2 Å². The lowest BCUT2D eigenvalue weighted by Crippen LogP contribution is -2.10. The quantitative estimate of drug-likeness (QED) is 0.588. The zero-order chi connectivity index (χ0) is 9.90. The van der Waals surface area contributed by atoms with Crippen LogP contribution in [0.25, 0.3) is 0 Å². The van der Waals surface area contributed by atoms with Crippen molar-refractivity contribution in [1.82, 2.24) is 0 Å². The Labute approximate surface area is 92.0 Å². The first-order valence-electron chi connectivity index (χ1n) is 3.42. The standard InChI is InChI=1S/C8H6F3IS/c9-8(10,11)5-13-7-3-1-6(12)2-4-7/h1-4H,5H2. The summed E-state index contributed by atoms with van der Waals surface area (Å²) in [6.07, 6.45) is -4.09. The minimum absolute atomic E-state index is 0.651. The number of rotatable bonds is 2. The van der Waals surface area contributed by atoms with Crippen LogP contribution >= 0.6 is 34.4 Å². The van der Waals surface area contributed by atoms with E-state index in [0.29, 0.717) is 4.90 Å². The Morgan fingerprint density at radius 1 is 1.15 bits per heavy atom. The Hall–Kier alpha value is 0.0900. The molecule has 0 radical (unpaired) electrons. The molecule has 13 heavy (non-hydrogen) atoms. The molecule has 0 bridgehead atoms. The van der Waals surface area contributed by atoms with Gasteiger partial charge < -0.3 is 0 Å². The summed E-state index contributed by atoms with van der Waals surface area (Å²) in [5.74, 6) is -0.826. The van der Waals surface area contributed by atoms with Crippen molar-refractivity contribution in [3.8, 4) is 0 Å². The molecule has 0 saturated carbocycles. The second-order valence-electron chi connectivity index (χ2n) is 2.36. The van der Waals surface area contributed by atoms with Crippen LogP contribution in [-0.2, 0) is 0 Å². The fourth-order valence-electron chi connectivity index (χ4n) is 0.696. The van der Waals surface area contributed by atoms with Crippen molar-refractivity contribution in [3.05, 3.63) is 27.8 Å². The van der Waals surface area contributed by atoms with Crippen LogP contribution < -0.4 is 0 Å². The summed E-state index contributed by atoms with van der Waals surface area (Å²) in [5.41, 5.74) is 0. The van der Waals surface area contributed by atoms with Gasteiger partial charge in [-0.3, -0.25) is 0 Å². The molecule has 72 valence electrons. The Morgan fingerprint density at radius 3 is 2.15 bits per heavy atom. The average Bonchev–Trinajstić information content (AvgIpc) is 2.02. The number of alkyl halides is 3. The summed E-state index contributed by atoms with van der Waals surface area (Å²) in [5, 5.41) is 0. The van der Waals surface area contributed by atoms with Crippen molar-refractivity contribution in [3.63, 3.8) is 0 Å². The van der Waals surface area contributed by atoms with E-state index in [1.165, 1.54) is 0 Å². The molecule has 0 N–H and O–H groups in total. The van der Waals surface area contributed by atoms with Gasteiger partial charge in [-0.25, -0.2) is 0 Å². The maximum Gasteiger partial charge on any atom is 0.398 e. The van der Waals surface area contributed by atoms with E-state index in [0.717, 1.165) is 15.3 Å². The molecule has 0 atom stereocenters. The summed E-state index contributed by atoms with van der Waals surface area (Å²) in [4.78, 5) is 0.651. The van der Waals surface area contributed by atoms with Crippen LogP contribution in [0.1, 0.15) is 0 Å². The molecule has 0 amide bonds. The van der Waals surface area contributed by atoms with E-state index >= 15 is 0 Å². The molecule has 0 heterocycles. The van der Waals surface area contributed by atoms with E-state index < -0.39 is 11.9 Å². The summed E-state index contributed by atoms with van der Waals surface area (Å²) in [6, 6.07) is 6.97. The minimum atomic E-state index is -4.09. The maximum atomic E-state index is 11.8. The van der Waals surface area contributed by atoms with Gasteiger partial charge in [-0.15, -0.1) is 11.8 Å². The number of hydrogen-bond donors (Lipinski definition) is 0. The number of halogens is 4. The topological polar surface area (TPSA) is 0 Å². The highest BCUT2D eigenvalue weighted by Crippen LogP contribution is 2.27. The third-order valence-electron chi connectivity index (χ3n) is 1.22. The molecule has 1 rings (SSSR count). The van der Waals surface area contributed by atoms with Crippen LogP contribution in [0.5, 0.6) is 0 Å². The van der Waals surface area contributed by atoms with Gasteiger partial charge in [0.15, 0.2) is 0 Å². The van der Waals surface area contributed by atoms with Gasteiger partial charge in [0.25, 0.3) is 0 Å². The maximum absolute atomic E-state index is 11.8. The van der Waals surface area contributed by atoms with Gasteiger partial charge in [0.2, 0.25) is 0 Å². The van der Waals surface area contributed by atoms with Gasteiger partial charge in [0, 0.05) is 8.47 Å². The van der Waals surface area contributed by atoms with E-state index in [1.807, 2.05) is 0 Å². The molecular formula is C8H6F3IS. The molecule has 0 fully saturated rings. The average molecular weight is 318 g/mol. The van der Waals surface area contributed by atoms with E-state index in [-0.39, 0.29) is 0 Å². The summed E-state index contributed by atoms with van der Waals surface area (Å²) in [6.45, 7) is 0. The van der Waals surface area contributed by atoms with Crippen molar-refractivity contribution in [2.75, 3.05) is 5.75 Å². The van der Waals surface area contributed by atoms with Crippen LogP contribution in [0, 0.1) is 3.57 Å². The van der Waals surface area contributed by atoms with E-state index in [4.69, 9.17) is 0 Å². The molecule has 0 nitrogen and oxygen atoms in total. The highest BCUT2D eigenvalue weighted by atomic mass is 127. The van der Waals surface area contributed by atoms with E-state index in [2.05, 4.69) is 22.6 Å². The van der Waals surface area contributed by atoms with E-state index in [9.17, 15) is 13.2 Å². The zero-order valence-corrected chi connectivity index (χ0v) is 9.41. The molecule has 0 aliphatic carbocycles. The summed E-state index contributed by atoms with van der Waals surface area (Å²) < 4.78 is 36.4. The van der Waals surface area contributed by atoms with Crippen LogP contribution in [0.3, 0.4) is 0 Å². The molecule has 0 aliphatic heterocycles. The Morgan fingerprint density at radius 2 is 1.69 bits per heavy atom. The molecule has 0 spiro atoms. The predicted molar refractivity (Wildman–Crippen MR) is 55.9 cm³/mol. The van der Waals surface area contributed by atoms with Crippen molar-refractivity contribution >= 4 is 34.4 Å². The molecule has 0 saturated heterocycles. The third-order valence-corrected chi connectivity index (χ3v) is 3.01. The van der Waals surface area contributed by atoms with Crippen molar-refractivity contribution < 1.29 is 13.2 Å². The SMILES string of the molecule is FC(F)(F)CSc1ccc(I)cc1. The third kappa shape index (κ3) is 4.75. The van der Waals surface area contributed by atoms with Crippen LogP contribution in [0.15, 0.2) is 29.2 Å². The Bertz CT molecular complexity index is 268. The van der Waals surface area contributed by atoms with E-state index in [1.54, 1.807) is 24.3 Å². The van der Waals surface area contributed by atoms with Gasteiger partial charge in [-0.1, -0.05) is 0 Å². The van der Waals surface area contributed by atoms with Gasteiger partial charge in [0.1, 0.15) is 0 Å². The second kappa shape index (κ2) is 4.54. The lowest BCUT2D eigenvalue weighted by atomic mass is 10.4. The highest BCUT2D eigenvalue weighted by Gasteiger charge is 2.26. The van der Waals surface area contributed by atoms with Crippen LogP contribution in [-0.4, -0.2) is 11.9 Å². The lowest BCUT2D eigenvalue weighted by Gasteiger charge is -2.05.